The van der Waals surface area contributed by atoms with Crippen LogP contribution in [0, 0.1) is 11.8 Å². The van der Waals surface area contributed by atoms with Crippen LogP contribution in [0.1, 0.15) is 65.7 Å². The van der Waals surface area contributed by atoms with Gasteiger partial charge in [-0.05, 0) is 43.9 Å². The van der Waals surface area contributed by atoms with Crippen molar-refractivity contribution >= 4 is 0 Å². The van der Waals surface area contributed by atoms with E-state index in [9.17, 15) is 0 Å². The van der Waals surface area contributed by atoms with Gasteiger partial charge in [-0.1, -0.05) is 57.4 Å². The molecule has 0 heteroatoms. The minimum atomic E-state index is 0.604. The van der Waals surface area contributed by atoms with Crippen LogP contribution in [0.25, 0.3) is 0 Å². The molecule has 0 aromatic carbocycles. The van der Waals surface area contributed by atoms with Crippen molar-refractivity contribution in [1.82, 2.24) is 0 Å². The SMILES string of the molecule is C=CCC(C)CCC(=CCCCC)CC(C)C=C. The van der Waals surface area contributed by atoms with Gasteiger partial charge in [0.15, 0.2) is 0 Å². The van der Waals surface area contributed by atoms with E-state index in [1.165, 1.54) is 38.5 Å². The van der Waals surface area contributed by atoms with Gasteiger partial charge in [-0.2, -0.15) is 0 Å². The summed E-state index contributed by atoms with van der Waals surface area (Å²) < 4.78 is 0. The van der Waals surface area contributed by atoms with Crippen molar-refractivity contribution in [1.29, 1.82) is 0 Å². The first-order valence-electron chi connectivity index (χ1n) is 7.55. The van der Waals surface area contributed by atoms with Gasteiger partial charge in [0.2, 0.25) is 0 Å². The highest BCUT2D eigenvalue weighted by Crippen LogP contribution is 2.22. The molecule has 0 amide bonds. The zero-order valence-electron chi connectivity index (χ0n) is 12.8. The lowest BCUT2D eigenvalue weighted by Crippen LogP contribution is -1.98. The van der Waals surface area contributed by atoms with Gasteiger partial charge < -0.3 is 0 Å². The fraction of sp³-hybridized carbons (Fsp3) is 0.667. The maximum atomic E-state index is 3.89. The van der Waals surface area contributed by atoms with E-state index in [0.29, 0.717) is 5.92 Å². The topological polar surface area (TPSA) is 0 Å². The lowest BCUT2D eigenvalue weighted by atomic mass is 9.92. The second-order valence-electron chi connectivity index (χ2n) is 5.59. The Balaban J connectivity index is 4.23. The minimum absolute atomic E-state index is 0.604. The van der Waals surface area contributed by atoms with E-state index in [4.69, 9.17) is 0 Å². The lowest BCUT2D eigenvalue weighted by molar-refractivity contribution is 0.526. The first-order chi connectivity index (χ1) is 8.63. The van der Waals surface area contributed by atoms with E-state index in [-0.39, 0.29) is 0 Å². The molecule has 2 unspecified atom stereocenters. The fourth-order valence-electron chi connectivity index (χ4n) is 2.13. The average molecular weight is 248 g/mol. The normalized spacial score (nSPS) is 15.2. The molecule has 0 aliphatic carbocycles. The van der Waals surface area contributed by atoms with Gasteiger partial charge in [0.05, 0.1) is 0 Å². The van der Waals surface area contributed by atoms with E-state index in [2.05, 4.69) is 46.1 Å². The van der Waals surface area contributed by atoms with Crippen LogP contribution in [0.15, 0.2) is 37.0 Å². The number of unbranched alkanes of at least 4 members (excludes halogenated alkanes) is 2. The van der Waals surface area contributed by atoms with Crippen molar-refractivity contribution in [3.63, 3.8) is 0 Å². The van der Waals surface area contributed by atoms with Crippen LogP contribution in [0.3, 0.4) is 0 Å². The Kier molecular flexibility index (Phi) is 10.8. The molecule has 0 aliphatic heterocycles. The Labute approximate surface area is 115 Å². The number of allylic oxidation sites excluding steroid dienone is 4. The first-order valence-corrected chi connectivity index (χ1v) is 7.55. The quantitative estimate of drug-likeness (QED) is 0.297. The fourth-order valence-corrected chi connectivity index (χ4v) is 2.13. The summed E-state index contributed by atoms with van der Waals surface area (Å²) in [6.45, 7) is 14.6. The van der Waals surface area contributed by atoms with Gasteiger partial charge in [0.25, 0.3) is 0 Å². The van der Waals surface area contributed by atoms with Crippen LogP contribution in [-0.2, 0) is 0 Å². The maximum absolute atomic E-state index is 3.89. The molecule has 0 aromatic rings. The second-order valence-corrected chi connectivity index (χ2v) is 5.59. The second kappa shape index (κ2) is 11.3. The molecule has 0 rings (SSSR count). The highest BCUT2D eigenvalue weighted by atomic mass is 14.1. The molecule has 104 valence electrons. The average Bonchev–Trinajstić information content (AvgIpc) is 2.36. The molecular formula is C18H32. The van der Waals surface area contributed by atoms with E-state index in [0.717, 1.165) is 12.3 Å². The van der Waals surface area contributed by atoms with Crippen LogP contribution in [-0.4, -0.2) is 0 Å². The van der Waals surface area contributed by atoms with Crippen LogP contribution in [0.5, 0.6) is 0 Å². The molecular weight excluding hydrogens is 216 g/mol. The van der Waals surface area contributed by atoms with Crippen molar-refractivity contribution in [2.45, 2.75) is 65.7 Å². The van der Waals surface area contributed by atoms with Crippen LogP contribution < -0.4 is 0 Å². The monoisotopic (exact) mass is 248 g/mol. The molecule has 2 atom stereocenters. The van der Waals surface area contributed by atoms with Gasteiger partial charge in [-0.15, -0.1) is 13.2 Å². The first kappa shape index (κ1) is 17.2. The summed E-state index contributed by atoms with van der Waals surface area (Å²) in [5.74, 6) is 1.36. The molecule has 0 spiro atoms. The standard InChI is InChI=1S/C18H32/c1-6-9-10-12-18(15-16(4)8-3)14-13-17(5)11-7-2/h7-8,12,16-17H,2-3,6,9-11,13-15H2,1,4-5H3. The number of hydrogen-bond acceptors (Lipinski definition) is 0. The smallest absolute Gasteiger partial charge is 0.0227 e. The molecule has 0 nitrogen and oxygen atoms in total. The molecule has 0 saturated heterocycles. The van der Waals surface area contributed by atoms with Gasteiger partial charge in [0.1, 0.15) is 0 Å². The van der Waals surface area contributed by atoms with Crippen LogP contribution >= 0.6 is 0 Å². The Morgan fingerprint density at radius 3 is 2.50 bits per heavy atom. The van der Waals surface area contributed by atoms with Gasteiger partial charge in [-0.25, -0.2) is 0 Å². The molecule has 0 radical (unpaired) electrons. The molecule has 0 aromatic heterocycles. The van der Waals surface area contributed by atoms with Crippen molar-refractivity contribution in [2.75, 3.05) is 0 Å². The molecule has 0 aliphatic rings. The molecule has 18 heavy (non-hydrogen) atoms. The zero-order valence-corrected chi connectivity index (χ0v) is 12.8. The summed E-state index contributed by atoms with van der Waals surface area (Å²) in [6.07, 6.45) is 15.3. The van der Waals surface area contributed by atoms with E-state index in [1.807, 2.05) is 6.08 Å². The lowest BCUT2D eigenvalue weighted by Gasteiger charge is -2.14. The Morgan fingerprint density at radius 2 is 1.94 bits per heavy atom. The molecule has 0 N–H and O–H groups in total. The van der Waals surface area contributed by atoms with E-state index < -0.39 is 0 Å². The van der Waals surface area contributed by atoms with Gasteiger partial charge in [-0.3, -0.25) is 0 Å². The van der Waals surface area contributed by atoms with Crippen molar-refractivity contribution in [3.05, 3.63) is 37.0 Å². The van der Waals surface area contributed by atoms with Crippen molar-refractivity contribution in [2.24, 2.45) is 11.8 Å². The molecule has 0 bridgehead atoms. The zero-order chi connectivity index (χ0) is 13.8. The van der Waals surface area contributed by atoms with E-state index in [1.54, 1.807) is 5.57 Å². The summed E-state index contributed by atoms with van der Waals surface area (Å²) >= 11 is 0. The van der Waals surface area contributed by atoms with Gasteiger partial charge in [0, 0.05) is 0 Å². The predicted octanol–water partition coefficient (Wildman–Crippen LogP) is 6.31. The van der Waals surface area contributed by atoms with Gasteiger partial charge >= 0.3 is 0 Å². The van der Waals surface area contributed by atoms with E-state index >= 15 is 0 Å². The number of rotatable bonds is 11. The van der Waals surface area contributed by atoms with Crippen LogP contribution in [0.2, 0.25) is 0 Å². The Morgan fingerprint density at radius 1 is 1.22 bits per heavy atom. The maximum Gasteiger partial charge on any atom is -0.0227 e. The van der Waals surface area contributed by atoms with Crippen molar-refractivity contribution in [3.8, 4) is 0 Å². The third kappa shape index (κ3) is 9.27. The summed E-state index contributed by atoms with van der Waals surface area (Å²) in [5.41, 5.74) is 1.63. The third-order valence-electron chi connectivity index (χ3n) is 3.50. The Bertz CT molecular complexity index is 247. The summed E-state index contributed by atoms with van der Waals surface area (Å²) in [6, 6.07) is 0. The Hall–Kier alpha value is -0.780. The molecule has 0 heterocycles. The minimum Gasteiger partial charge on any atom is -0.103 e. The largest absolute Gasteiger partial charge is 0.103 e. The summed E-state index contributed by atoms with van der Waals surface area (Å²) in [4.78, 5) is 0. The highest BCUT2D eigenvalue weighted by molar-refractivity contribution is 5.05. The summed E-state index contributed by atoms with van der Waals surface area (Å²) in [7, 11) is 0. The third-order valence-corrected chi connectivity index (χ3v) is 3.50. The molecule has 0 fully saturated rings. The predicted molar refractivity (Wildman–Crippen MR) is 84.8 cm³/mol. The highest BCUT2D eigenvalue weighted by Gasteiger charge is 2.06. The molecule has 0 saturated carbocycles. The van der Waals surface area contributed by atoms with Crippen LogP contribution in [0.4, 0.5) is 0 Å². The van der Waals surface area contributed by atoms with Crippen molar-refractivity contribution < 1.29 is 0 Å². The summed E-state index contributed by atoms with van der Waals surface area (Å²) in [5, 5.41) is 0. The number of hydrogen-bond donors (Lipinski definition) is 0.